The van der Waals surface area contributed by atoms with Gasteiger partial charge >= 0.3 is 0 Å². The molecule has 4 N–H and O–H groups in total. The maximum absolute atomic E-state index is 12.3. The molecule has 108 valence electrons. The molecule has 1 unspecified atom stereocenters. The topological polar surface area (TPSA) is 105 Å². The Kier molecular flexibility index (Phi) is 4.22. The summed E-state index contributed by atoms with van der Waals surface area (Å²) in [4.78, 5) is 4.19. The molecule has 1 aromatic heterocycles. The lowest BCUT2D eigenvalue weighted by Gasteiger charge is -2.10. The number of nitrogens with one attached hydrogen (secondary N) is 1. The van der Waals surface area contributed by atoms with Gasteiger partial charge in [-0.15, -0.1) is 0 Å². The summed E-state index contributed by atoms with van der Waals surface area (Å²) in [5.41, 5.74) is 6.65. The Morgan fingerprint density at radius 2 is 2.15 bits per heavy atom. The predicted molar refractivity (Wildman–Crippen MR) is 77.6 cm³/mol. The fourth-order valence-corrected chi connectivity index (χ4v) is 3.07. The Morgan fingerprint density at radius 1 is 1.40 bits per heavy atom. The maximum Gasteiger partial charge on any atom is 0.242 e. The van der Waals surface area contributed by atoms with Crippen molar-refractivity contribution in [3.63, 3.8) is 0 Å². The molecule has 0 aliphatic rings. The second kappa shape index (κ2) is 5.74. The number of fused-ring (bicyclic) bond motifs is 1. The van der Waals surface area contributed by atoms with Crippen LogP contribution in [0, 0.1) is 0 Å². The molecule has 1 atom stereocenters. The lowest BCUT2D eigenvalue weighted by atomic mass is 10.2. The smallest absolute Gasteiger partial charge is 0.242 e. The average molecular weight is 295 g/mol. The van der Waals surface area contributed by atoms with E-state index in [4.69, 9.17) is 10.8 Å². The van der Waals surface area contributed by atoms with Gasteiger partial charge in [-0.1, -0.05) is 0 Å². The fraction of sp³-hybridized carbons (Fsp3) is 0.308. The minimum Gasteiger partial charge on any atom is -0.398 e. The highest BCUT2D eigenvalue weighted by Crippen LogP contribution is 2.25. The summed E-state index contributed by atoms with van der Waals surface area (Å²) in [7, 11) is -3.68. The highest BCUT2D eigenvalue weighted by atomic mass is 32.2. The van der Waals surface area contributed by atoms with Crippen LogP contribution in [0.15, 0.2) is 35.4 Å². The van der Waals surface area contributed by atoms with E-state index in [0.717, 1.165) is 0 Å². The third-order valence-corrected chi connectivity index (χ3v) is 4.40. The van der Waals surface area contributed by atoms with Crippen molar-refractivity contribution in [3.8, 4) is 0 Å². The van der Waals surface area contributed by atoms with E-state index in [1.807, 2.05) is 0 Å². The van der Waals surface area contributed by atoms with Crippen LogP contribution in [0.1, 0.15) is 13.3 Å². The molecule has 0 aliphatic carbocycles. The molecule has 0 amide bonds. The average Bonchev–Trinajstić information content (AvgIpc) is 2.38. The largest absolute Gasteiger partial charge is 0.398 e. The molecule has 2 aromatic rings. The molecule has 20 heavy (non-hydrogen) atoms. The molecule has 1 heterocycles. The number of hydrogen-bond acceptors (Lipinski definition) is 5. The summed E-state index contributed by atoms with van der Waals surface area (Å²) in [6, 6.07) is 6.42. The zero-order valence-electron chi connectivity index (χ0n) is 11.1. The maximum atomic E-state index is 12.3. The molecule has 7 heteroatoms. The molecule has 0 fully saturated rings. The summed E-state index contributed by atoms with van der Waals surface area (Å²) in [5, 5.41) is 9.77. The van der Waals surface area contributed by atoms with Crippen LogP contribution < -0.4 is 10.5 Å². The summed E-state index contributed by atoms with van der Waals surface area (Å²) in [5.74, 6) is 0. The normalized spacial score (nSPS) is 13.5. The Morgan fingerprint density at radius 3 is 2.85 bits per heavy atom. The number of benzene rings is 1. The van der Waals surface area contributed by atoms with E-state index in [1.165, 1.54) is 12.3 Å². The first kappa shape index (κ1) is 14.7. The minimum atomic E-state index is -3.68. The molecule has 0 bridgehead atoms. The summed E-state index contributed by atoms with van der Waals surface area (Å²) in [6.45, 7) is 1.77. The number of aliphatic hydroxyl groups excluding tert-OH is 1. The van der Waals surface area contributed by atoms with Gasteiger partial charge in [0.2, 0.25) is 10.0 Å². The first-order valence-corrected chi connectivity index (χ1v) is 7.71. The Hall–Kier alpha value is -1.70. The van der Waals surface area contributed by atoms with Crippen molar-refractivity contribution >= 4 is 26.6 Å². The molecule has 0 saturated heterocycles. The number of rotatable bonds is 5. The summed E-state index contributed by atoms with van der Waals surface area (Å²) < 4.78 is 27.0. The van der Waals surface area contributed by atoms with Gasteiger partial charge in [-0.25, -0.2) is 13.1 Å². The first-order valence-electron chi connectivity index (χ1n) is 6.23. The summed E-state index contributed by atoms with van der Waals surface area (Å²) in [6.07, 6.45) is 1.31. The van der Waals surface area contributed by atoms with E-state index in [2.05, 4.69) is 9.71 Å². The van der Waals surface area contributed by atoms with Gasteiger partial charge in [-0.2, -0.15) is 0 Å². The van der Waals surface area contributed by atoms with Gasteiger partial charge in [0.1, 0.15) is 4.90 Å². The van der Waals surface area contributed by atoms with E-state index in [-0.39, 0.29) is 11.4 Å². The van der Waals surface area contributed by atoms with Crippen LogP contribution in [0.2, 0.25) is 0 Å². The van der Waals surface area contributed by atoms with Crippen molar-refractivity contribution in [2.45, 2.75) is 24.3 Å². The molecule has 1 aromatic carbocycles. The van der Waals surface area contributed by atoms with E-state index in [1.54, 1.807) is 25.1 Å². The quantitative estimate of drug-likeness (QED) is 0.710. The molecule has 0 aliphatic heterocycles. The number of anilines is 1. The van der Waals surface area contributed by atoms with Gasteiger partial charge in [0, 0.05) is 23.8 Å². The SMILES string of the molecule is CC(O)CCNS(=O)(=O)c1ccc(N)c2cccnc12. The van der Waals surface area contributed by atoms with Gasteiger partial charge < -0.3 is 10.8 Å². The highest BCUT2D eigenvalue weighted by molar-refractivity contribution is 7.89. The molecule has 0 spiro atoms. The number of hydrogen-bond donors (Lipinski definition) is 3. The predicted octanol–water partition coefficient (Wildman–Crippen LogP) is 0.866. The number of nitrogens with zero attached hydrogens (tertiary/aromatic N) is 1. The minimum absolute atomic E-state index is 0.0906. The Balaban J connectivity index is 2.40. The van der Waals surface area contributed by atoms with Crippen LogP contribution in [0.25, 0.3) is 10.9 Å². The lowest BCUT2D eigenvalue weighted by Crippen LogP contribution is -2.27. The lowest BCUT2D eigenvalue weighted by molar-refractivity contribution is 0.186. The van der Waals surface area contributed by atoms with Crippen LogP contribution in [0.5, 0.6) is 0 Å². The van der Waals surface area contributed by atoms with Gasteiger partial charge in [0.05, 0.1) is 11.6 Å². The van der Waals surface area contributed by atoms with Crippen LogP contribution in [0.3, 0.4) is 0 Å². The summed E-state index contributed by atoms with van der Waals surface area (Å²) >= 11 is 0. The third-order valence-electron chi connectivity index (χ3n) is 2.91. The van der Waals surface area contributed by atoms with Crippen molar-refractivity contribution < 1.29 is 13.5 Å². The monoisotopic (exact) mass is 295 g/mol. The van der Waals surface area contributed by atoms with Crippen molar-refractivity contribution in [1.29, 1.82) is 0 Å². The van der Waals surface area contributed by atoms with E-state index >= 15 is 0 Å². The zero-order valence-corrected chi connectivity index (χ0v) is 11.9. The number of nitrogen functional groups attached to an aromatic ring is 1. The molecule has 0 radical (unpaired) electrons. The number of aliphatic hydroxyl groups is 1. The highest BCUT2D eigenvalue weighted by Gasteiger charge is 2.18. The molecular weight excluding hydrogens is 278 g/mol. The third kappa shape index (κ3) is 3.06. The fourth-order valence-electron chi connectivity index (χ4n) is 1.87. The molecule has 0 saturated carbocycles. The Bertz CT molecular complexity index is 714. The van der Waals surface area contributed by atoms with Crippen LogP contribution >= 0.6 is 0 Å². The first-order chi connectivity index (χ1) is 9.42. The van der Waals surface area contributed by atoms with Crippen molar-refractivity contribution in [2.24, 2.45) is 0 Å². The van der Waals surface area contributed by atoms with Crippen LogP contribution in [0.4, 0.5) is 5.69 Å². The van der Waals surface area contributed by atoms with Gasteiger partial charge in [-0.05, 0) is 37.6 Å². The number of pyridine rings is 1. The zero-order chi connectivity index (χ0) is 14.8. The van der Waals surface area contributed by atoms with E-state index in [0.29, 0.717) is 23.0 Å². The van der Waals surface area contributed by atoms with Crippen molar-refractivity contribution in [3.05, 3.63) is 30.5 Å². The number of sulfonamides is 1. The Labute approximate surface area is 117 Å². The van der Waals surface area contributed by atoms with Crippen LogP contribution in [-0.4, -0.2) is 31.2 Å². The molecule has 6 nitrogen and oxygen atoms in total. The van der Waals surface area contributed by atoms with Gasteiger partial charge in [-0.3, -0.25) is 4.98 Å². The van der Waals surface area contributed by atoms with E-state index in [9.17, 15) is 8.42 Å². The second-order valence-corrected chi connectivity index (χ2v) is 6.32. The molecular formula is C13H17N3O3S. The van der Waals surface area contributed by atoms with Gasteiger partial charge in [0.25, 0.3) is 0 Å². The number of nitrogens with two attached hydrogens (primary N) is 1. The van der Waals surface area contributed by atoms with Crippen molar-refractivity contribution in [1.82, 2.24) is 9.71 Å². The van der Waals surface area contributed by atoms with Crippen molar-refractivity contribution in [2.75, 3.05) is 12.3 Å². The number of aromatic nitrogens is 1. The standard InChI is InChI=1S/C13H17N3O3S/c1-9(17)6-8-16-20(18,19)12-5-4-11(14)10-3-2-7-15-13(10)12/h2-5,7,9,16-17H,6,8,14H2,1H3. The van der Waals surface area contributed by atoms with E-state index < -0.39 is 16.1 Å². The van der Waals surface area contributed by atoms with Crippen LogP contribution in [-0.2, 0) is 10.0 Å². The second-order valence-electron chi connectivity index (χ2n) is 4.59. The van der Waals surface area contributed by atoms with Gasteiger partial charge in [0.15, 0.2) is 0 Å². The molecule has 2 rings (SSSR count).